The van der Waals surface area contributed by atoms with E-state index >= 15 is 0 Å². The van der Waals surface area contributed by atoms with E-state index in [4.69, 9.17) is 0 Å². The summed E-state index contributed by atoms with van der Waals surface area (Å²) in [7, 11) is 0. The second-order valence-corrected chi connectivity index (χ2v) is 8.58. The molecule has 3 amide bonds. The van der Waals surface area contributed by atoms with Crippen LogP contribution in [0.5, 0.6) is 0 Å². The number of fused-ring (bicyclic) bond motifs is 2. The fourth-order valence-electron chi connectivity index (χ4n) is 4.04. The number of piperidine rings is 1. The summed E-state index contributed by atoms with van der Waals surface area (Å²) in [4.78, 5) is 29.2. The standard InChI is InChI=1S/C18H27N5O2/c1-17(2,3)15(24)23-11-12-13(18(23)7-8-18)20-21-14(12)19-16(25)22-9-5-4-6-10-22/h4-11H2,1-3H3,(H2,19,20,21,25). The van der Waals surface area contributed by atoms with Gasteiger partial charge in [-0.2, -0.15) is 5.10 Å². The fourth-order valence-corrected chi connectivity index (χ4v) is 4.04. The van der Waals surface area contributed by atoms with Crippen LogP contribution >= 0.6 is 0 Å². The number of nitrogens with zero attached hydrogens (tertiary/aromatic N) is 3. The molecule has 3 aliphatic rings. The van der Waals surface area contributed by atoms with Crippen LogP contribution in [0.15, 0.2) is 0 Å². The summed E-state index contributed by atoms with van der Waals surface area (Å²) in [5.41, 5.74) is 1.35. The maximum Gasteiger partial charge on any atom is 0.323 e. The number of H-pyrrole nitrogens is 1. The number of aromatic nitrogens is 2. The van der Waals surface area contributed by atoms with Crippen molar-refractivity contribution in [1.82, 2.24) is 20.0 Å². The third-order valence-electron chi connectivity index (χ3n) is 5.64. The molecule has 0 aromatic carbocycles. The SMILES string of the molecule is CC(C)(C)C(=O)N1Cc2c(NC(=O)N3CCCCC3)n[nH]c2C12CC2. The first kappa shape index (κ1) is 16.4. The van der Waals surface area contributed by atoms with E-state index in [1.807, 2.05) is 30.6 Å². The molecule has 1 spiro atoms. The highest BCUT2D eigenvalue weighted by molar-refractivity contribution is 5.90. The average Bonchev–Trinajstić information content (AvgIpc) is 3.18. The van der Waals surface area contributed by atoms with Crippen LogP contribution in [0.4, 0.5) is 10.6 Å². The minimum atomic E-state index is -0.413. The van der Waals surface area contributed by atoms with E-state index in [2.05, 4.69) is 15.5 Å². The summed E-state index contributed by atoms with van der Waals surface area (Å²) in [6.07, 6.45) is 5.23. The molecule has 2 N–H and O–H groups in total. The number of anilines is 1. The molecular formula is C18H27N5O2. The highest BCUT2D eigenvalue weighted by Crippen LogP contribution is 2.57. The van der Waals surface area contributed by atoms with Crippen LogP contribution in [-0.2, 0) is 16.9 Å². The molecule has 4 rings (SSSR count). The topological polar surface area (TPSA) is 81.3 Å². The highest BCUT2D eigenvalue weighted by atomic mass is 16.2. The lowest BCUT2D eigenvalue weighted by atomic mass is 9.94. The largest absolute Gasteiger partial charge is 0.326 e. The number of carbonyl (C=O) groups is 2. The molecule has 0 bridgehead atoms. The Kier molecular flexibility index (Phi) is 3.60. The Morgan fingerprint density at radius 2 is 1.84 bits per heavy atom. The van der Waals surface area contributed by atoms with Gasteiger partial charge in [0.2, 0.25) is 5.91 Å². The molecule has 0 atom stereocenters. The van der Waals surface area contributed by atoms with E-state index in [-0.39, 0.29) is 17.5 Å². The minimum absolute atomic E-state index is 0.0838. The van der Waals surface area contributed by atoms with Crippen molar-refractivity contribution < 1.29 is 9.59 Å². The van der Waals surface area contributed by atoms with Gasteiger partial charge in [-0.3, -0.25) is 15.2 Å². The Hall–Kier alpha value is -2.05. The summed E-state index contributed by atoms with van der Waals surface area (Å²) in [6.45, 7) is 7.99. The van der Waals surface area contributed by atoms with Gasteiger partial charge in [-0.05, 0) is 32.1 Å². The molecule has 0 radical (unpaired) electrons. The van der Waals surface area contributed by atoms with Crippen molar-refractivity contribution in [2.45, 2.75) is 65.0 Å². The van der Waals surface area contributed by atoms with Gasteiger partial charge in [0, 0.05) is 24.1 Å². The average molecular weight is 345 g/mol. The third kappa shape index (κ3) is 2.60. The summed E-state index contributed by atoms with van der Waals surface area (Å²) in [5, 5.41) is 10.4. The van der Waals surface area contributed by atoms with Gasteiger partial charge in [0.1, 0.15) is 0 Å². The molecule has 1 aromatic rings. The number of likely N-dealkylation sites (tertiary alicyclic amines) is 1. The number of carbonyl (C=O) groups excluding carboxylic acids is 2. The van der Waals surface area contributed by atoms with Crippen LogP contribution in [-0.4, -0.2) is 45.0 Å². The lowest BCUT2D eigenvalue weighted by molar-refractivity contribution is -0.143. The van der Waals surface area contributed by atoms with Crippen LogP contribution in [0.2, 0.25) is 0 Å². The summed E-state index contributed by atoms with van der Waals surface area (Å²) >= 11 is 0. The van der Waals surface area contributed by atoms with Gasteiger partial charge >= 0.3 is 6.03 Å². The van der Waals surface area contributed by atoms with E-state index in [0.717, 1.165) is 50.0 Å². The maximum absolute atomic E-state index is 12.9. The Balaban J connectivity index is 1.54. The number of hydrogen-bond acceptors (Lipinski definition) is 3. The number of aromatic amines is 1. The molecule has 7 nitrogen and oxygen atoms in total. The maximum atomic E-state index is 12.9. The van der Waals surface area contributed by atoms with Gasteiger partial charge < -0.3 is 9.80 Å². The van der Waals surface area contributed by atoms with E-state index < -0.39 is 5.41 Å². The quantitative estimate of drug-likeness (QED) is 0.821. The fraction of sp³-hybridized carbons (Fsp3) is 0.722. The molecule has 1 saturated heterocycles. The van der Waals surface area contributed by atoms with Crippen molar-refractivity contribution in [3.8, 4) is 0 Å². The van der Waals surface area contributed by atoms with Gasteiger partial charge in [0.25, 0.3) is 0 Å². The highest BCUT2D eigenvalue weighted by Gasteiger charge is 2.59. The first-order chi connectivity index (χ1) is 11.8. The number of urea groups is 1. The van der Waals surface area contributed by atoms with E-state index in [1.54, 1.807) is 0 Å². The number of rotatable bonds is 1. The molecule has 25 heavy (non-hydrogen) atoms. The van der Waals surface area contributed by atoms with Crippen LogP contribution in [0.1, 0.15) is 64.1 Å². The van der Waals surface area contributed by atoms with Crippen molar-refractivity contribution in [3.05, 3.63) is 11.3 Å². The van der Waals surface area contributed by atoms with Gasteiger partial charge in [-0.15, -0.1) is 0 Å². The molecule has 2 fully saturated rings. The van der Waals surface area contributed by atoms with Crippen molar-refractivity contribution >= 4 is 17.8 Å². The first-order valence-electron chi connectivity index (χ1n) is 9.29. The van der Waals surface area contributed by atoms with Crippen LogP contribution < -0.4 is 5.32 Å². The normalized spacial score (nSPS) is 21.4. The van der Waals surface area contributed by atoms with Crippen molar-refractivity contribution in [2.24, 2.45) is 5.41 Å². The Labute approximate surface area is 148 Å². The first-order valence-corrected chi connectivity index (χ1v) is 9.29. The molecule has 2 aliphatic heterocycles. The predicted octanol–water partition coefficient (Wildman–Crippen LogP) is 2.80. The van der Waals surface area contributed by atoms with Crippen LogP contribution in [0.3, 0.4) is 0 Å². The molecule has 1 aliphatic carbocycles. The Morgan fingerprint density at radius 3 is 2.44 bits per heavy atom. The number of hydrogen-bond donors (Lipinski definition) is 2. The summed E-state index contributed by atoms with van der Waals surface area (Å²) in [5.74, 6) is 0.740. The van der Waals surface area contributed by atoms with E-state index in [0.29, 0.717) is 12.4 Å². The molecule has 3 heterocycles. The van der Waals surface area contributed by atoms with Crippen LogP contribution in [0, 0.1) is 5.41 Å². The number of nitrogens with one attached hydrogen (secondary N) is 2. The van der Waals surface area contributed by atoms with E-state index in [1.165, 1.54) is 6.42 Å². The predicted molar refractivity (Wildman–Crippen MR) is 93.9 cm³/mol. The minimum Gasteiger partial charge on any atom is -0.326 e. The molecule has 136 valence electrons. The molecular weight excluding hydrogens is 318 g/mol. The Morgan fingerprint density at radius 1 is 1.16 bits per heavy atom. The van der Waals surface area contributed by atoms with Gasteiger partial charge in [-0.25, -0.2) is 4.79 Å². The van der Waals surface area contributed by atoms with Gasteiger partial charge in [0.15, 0.2) is 5.82 Å². The van der Waals surface area contributed by atoms with Gasteiger partial charge in [0.05, 0.1) is 17.8 Å². The molecule has 7 heteroatoms. The van der Waals surface area contributed by atoms with E-state index in [9.17, 15) is 9.59 Å². The third-order valence-corrected chi connectivity index (χ3v) is 5.64. The van der Waals surface area contributed by atoms with Crippen LogP contribution in [0.25, 0.3) is 0 Å². The van der Waals surface area contributed by atoms with Gasteiger partial charge in [-0.1, -0.05) is 20.8 Å². The Bertz CT molecular complexity index is 708. The zero-order chi connectivity index (χ0) is 17.8. The molecule has 1 aromatic heterocycles. The van der Waals surface area contributed by atoms with Crippen molar-refractivity contribution in [2.75, 3.05) is 18.4 Å². The second kappa shape index (κ2) is 5.47. The monoisotopic (exact) mass is 345 g/mol. The van der Waals surface area contributed by atoms with Crippen molar-refractivity contribution in [3.63, 3.8) is 0 Å². The van der Waals surface area contributed by atoms with Crippen molar-refractivity contribution in [1.29, 1.82) is 0 Å². The smallest absolute Gasteiger partial charge is 0.323 e. The lowest BCUT2D eigenvalue weighted by Crippen LogP contribution is -2.42. The second-order valence-electron chi connectivity index (χ2n) is 8.58. The molecule has 1 saturated carbocycles. The number of amides is 3. The summed E-state index contributed by atoms with van der Waals surface area (Å²) < 4.78 is 0. The zero-order valence-electron chi connectivity index (χ0n) is 15.3. The lowest BCUT2D eigenvalue weighted by Gasteiger charge is -2.31. The zero-order valence-corrected chi connectivity index (χ0v) is 15.3. The summed E-state index contributed by atoms with van der Waals surface area (Å²) in [6, 6.07) is -0.0838. The molecule has 0 unspecified atom stereocenters.